The van der Waals surface area contributed by atoms with E-state index in [0.717, 1.165) is 9.37 Å². The van der Waals surface area contributed by atoms with Gasteiger partial charge in [0.15, 0.2) is 11.6 Å². The number of hydrazine groups is 1. The zero-order valence-corrected chi connectivity index (χ0v) is 12.0. The van der Waals surface area contributed by atoms with Crippen LogP contribution in [0.4, 0.5) is 5.82 Å². The van der Waals surface area contributed by atoms with E-state index in [2.05, 4.69) is 31.3 Å². The molecule has 5 nitrogen and oxygen atoms in total. The average molecular weight is 327 g/mol. The molecule has 0 unspecified atom stereocenters. The lowest BCUT2D eigenvalue weighted by atomic mass is 10.4. The molecule has 0 fully saturated rings. The van der Waals surface area contributed by atoms with Gasteiger partial charge in [-0.1, -0.05) is 33.8 Å². The van der Waals surface area contributed by atoms with Crippen LogP contribution in [-0.4, -0.2) is 17.1 Å². The van der Waals surface area contributed by atoms with E-state index in [1.54, 1.807) is 7.11 Å². The zero-order chi connectivity index (χ0) is 13.0. The maximum atomic E-state index is 5.38. The van der Waals surface area contributed by atoms with E-state index in [4.69, 9.17) is 10.6 Å². The maximum Gasteiger partial charge on any atom is 0.195 e. The maximum absolute atomic E-state index is 5.38. The number of ether oxygens (including phenoxy) is 1. The van der Waals surface area contributed by atoms with Crippen molar-refractivity contribution < 1.29 is 4.74 Å². The molecule has 0 spiro atoms. The molecule has 1 aromatic heterocycles. The molecule has 0 aliphatic heterocycles. The molecular formula is C11H11BrN4OS. The number of nitrogens with one attached hydrogen (secondary N) is 1. The summed E-state index contributed by atoms with van der Waals surface area (Å²) in [5.74, 6) is 6.37. The SMILES string of the molecule is COc1c(NN)ncnc1Sc1cccc(Br)c1. The topological polar surface area (TPSA) is 73.1 Å². The predicted molar refractivity (Wildman–Crippen MR) is 74.7 cm³/mol. The molecule has 1 heterocycles. The number of hydrogen-bond acceptors (Lipinski definition) is 6. The number of aromatic nitrogens is 2. The zero-order valence-electron chi connectivity index (χ0n) is 9.55. The second kappa shape index (κ2) is 6.03. The highest BCUT2D eigenvalue weighted by Gasteiger charge is 2.12. The molecule has 0 aliphatic rings. The van der Waals surface area contributed by atoms with Crippen LogP contribution in [0.2, 0.25) is 0 Å². The van der Waals surface area contributed by atoms with Gasteiger partial charge in [-0.05, 0) is 18.2 Å². The Bertz CT molecular complexity index is 552. The Hall–Kier alpha value is -1.31. The predicted octanol–water partition coefficient (Wildman–Crippen LogP) is 2.68. The molecule has 0 amide bonds. The van der Waals surface area contributed by atoms with E-state index in [1.165, 1.54) is 18.1 Å². The molecule has 2 rings (SSSR count). The number of nitrogen functional groups attached to an aromatic ring is 1. The quantitative estimate of drug-likeness (QED) is 0.511. The molecule has 3 N–H and O–H groups in total. The normalized spacial score (nSPS) is 10.2. The summed E-state index contributed by atoms with van der Waals surface area (Å²) < 4.78 is 6.28. The average Bonchev–Trinajstić information content (AvgIpc) is 2.38. The van der Waals surface area contributed by atoms with Crippen molar-refractivity contribution in [2.45, 2.75) is 9.92 Å². The number of nitrogens with two attached hydrogens (primary N) is 1. The van der Waals surface area contributed by atoms with Crippen molar-refractivity contribution in [2.75, 3.05) is 12.5 Å². The van der Waals surface area contributed by atoms with Gasteiger partial charge in [-0.3, -0.25) is 0 Å². The van der Waals surface area contributed by atoms with E-state index >= 15 is 0 Å². The standard InChI is InChI=1S/C11H11BrN4OS/c1-17-9-10(16-13)14-6-15-11(9)18-8-4-2-3-7(12)5-8/h2-6H,13H2,1H3,(H,14,15,16). The Labute approximate surface area is 117 Å². The Kier molecular flexibility index (Phi) is 4.40. The molecule has 0 aliphatic carbocycles. The molecule has 0 atom stereocenters. The highest BCUT2D eigenvalue weighted by molar-refractivity contribution is 9.10. The van der Waals surface area contributed by atoms with Crippen molar-refractivity contribution >= 4 is 33.5 Å². The summed E-state index contributed by atoms with van der Waals surface area (Å²) in [4.78, 5) is 9.24. The van der Waals surface area contributed by atoms with E-state index in [9.17, 15) is 0 Å². The van der Waals surface area contributed by atoms with Crippen LogP contribution in [-0.2, 0) is 0 Å². The summed E-state index contributed by atoms with van der Waals surface area (Å²) in [7, 11) is 1.56. The monoisotopic (exact) mass is 326 g/mol. The summed E-state index contributed by atoms with van der Waals surface area (Å²) in [6.45, 7) is 0. The number of rotatable bonds is 4. The number of halogens is 1. The van der Waals surface area contributed by atoms with Crippen LogP contribution in [0.25, 0.3) is 0 Å². The van der Waals surface area contributed by atoms with Gasteiger partial charge < -0.3 is 10.2 Å². The second-order valence-electron chi connectivity index (χ2n) is 3.26. The first-order valence-corrected chi connectivity index (χ1v) is 6.64. The van der Waals surface area contributed by atoms with E-state index in [1.807, 2.05) is 24.3 Å². The smallest absolute Gasteiger partial charge is 0.195 e. The lowest BCUT2D eigenvalue weighted by Gasteiger charge is -2.10. The van der Waals surface area contributed by atoms with Crippen molar-refractivity contribution in [2.24, 2.45) is 5.84 Å². The number of hydrogen-bond donors (Lipinski definition) is 2. The van der Waals surface area contributed by atoms with Crippen molar-refractivity contribution in [3.05, 3.63) is 35.1 Å². The van der Waals surface area contributed by atoms with Gasteiger partial charge in [-0.25, -0.2) is 15.8 Å². The van der Waals surface area contributed by atoms with Crippen LogP contribution in [0.1, 0.15) is 0 Å². The molecule has 0 radical (unpaired) electrons. The van der Waals surface area contributed by atoms with Gasteiger partial charge in [0, 0.05) is 9.37 Å². The third-order valence-electron chi connectivity index (χ3n) is 2.12. The largest absolute Gasteiger partial charge is 0.490 e. The first kappa shape index (κ1) is 13.1. The van der Waals surface area contributed by atoms with E-state index < -0.39 is 0 Å². The van der Waals surface area contributed by atoms with Crippen LogP contribution in [0.5, 0.6) is 5.75 Å². The molecule has 7 heteroatoms. The lowest BCUT2D eigenvalue weighted by Crippen LogP contribution is -2.10. The first-order valence-electron chi connectivity index (χ1n) is 5.03. The highest BCUT2D eigenvalue weighted by atomic mass is 79.9. The summed E-state index contributed by atoms with van der Waals surface area (Å²) in [6.07, 6.45) is 1.44. The molecular weight excluding hydrogens is 316 g/mol. The fourth-order valence-electron chi connectivity index (χ4n) is 1.36. The second-order valence-corrected chi connectivity index (χ2v) is 5.24. The third kappa shape index (κ3) is 2.92. The highest BCUT2D eigenvalue weighted by Crippen LogP contribution is 2.36. The molecule has 0 bridgehead atoms. The molecule has 94 valence electrons. The Morgan fingerprint density at radius 2 is 2.22 bits per heavy atom. The van der Waals surface area contributed by atoms with Crippen molar-refractivity contribution in [1.82, 2.24) is 9.97 Å². The Morgan fingerprint density at radius 3 is 2.89 bits per heavy atom. The number of benzene rings is 1. The minimum absolute atomic E-state index is 0.463. The fraction of sp³-hybridized carbons (Fsp3) is 0.0909. The van der Waals surface area contributed by atoms with Crippen LogP contribution >= 0.6 is 27.7 Å². The summed E-state index contributed by atoms with van der Waals surface area (Å²) in [5.41, 5.74) is 2.49. The van der Waals surface area contributed by atoms with Gasteiger partial charge in [0.05, 0.1) is 7.11 Å². The number of methoxy groups -OCH3 is 1. The minimum Gasteiger partial charge on any atom is -0.490 e. The van der Waals surface area contributed by atoms with Crippen molar-refractivity contribution in [3.8, 4) is 5.75 Å². The fourth-order valence-corrected chi connectivity index (χ4v) is 2.84. The van der Waals surface area contributed by atoms with E-state index in [-0.39, 0.29) is 0 Å². The first-order chi connectivity index (χ1) is 8.74. The van der Waals surface area contributed by atoms with Gasteiger partial charge in [0.2, 0.25) is 0 Å². The van der Waals surface area contributed by atoms with Crippen LogP contribution in [0, 0.1) is 0 Å². The van der Waals surface area contributed by atoms with Gasteiger partial charge in [-0.2, -0.15) is 0 Å². The molecule has 0 saturated heterocycles. The lowest BCUT2D eigenvalue weighted by molar-refractivity contribution is 0.400. The van der Waals surface area contributed by atoms with Gasteiger partial charge in [0.25, 0.3) is 0 Å². The van der Waals surface area contributed by atoms with Crippen molar-refractivity contribution in [1.29, 1.82) is 0 Å². The third-order valence-corrected chi connectivity index (χ3v) is 3.59. The number of anilines is 1. The molecule has 1 aromatic carbocycles. The van der Waals surface area contributed by atoms with Crippen LogP contribution < -0.4 is 16.0 Å². The summed E-state index contributed by atoms with van der Waals surface area (Å²) in [6, 6.07) is 7.92. The Morgan fingerprint density at radius 1 is 1.39 bits per heavy atom. The minimum atomic E-state index is 0.463. The Balaban J connectivity index is 2.34. The van der Waals surface area contributed by atoms with Gasteiger partial charge >= 0.3 is 0 Å². The van der Waals surface area contributed by atoms with Crippen molar-refractivity contribution in [3.63, 3.8) is 0 Å². The number of nitrogens with zero attached hydrogens (tertiary/aromatic N) is 2. The summed E-state index contributed by atoms with van der Waals surface area (Å²) in [5, 5.41) is 0.707. The van der Waals surface area contributed by atoms with E-state index in [0.29, 0.717) is 16.6 Å². The molecule has 18 heavy (non-hydrogen) atoms. The summed E-state index contributed by atoms with van der Waals surface area (Å²) >= 11 is 4.91. The van der Waals surface area contributed by atoms with Crippen LogP contribution in [0.15, 0.2) is 45.0 Å². The molecule has 0 saturated carbocycles. The van der Waals surface area contributed by atoms with Gasteiger partial charge in [-0.15, -0.1) is 0 Å². The molecule has 2 aromatic rings. The van der Waals surface area contributed by atoms with Gasteiger partial charge in [0.1, 0.15) is 11.4 Å². The van der Waals surface area contributed by atoms with Crippen LogP contribution in [0.3, 0.4) is 0 Å².